The molecule has 0 bridgehead atoms. The van der Waals surface area contributed by atoms with Crippen LogP contribution in [0.3, 0.4) is 0 Å². The number of rotatable bonds is 4. The molecule has 0 spiro atoms. The zero-order valence-corrected chi connectivity index (χ0v) is 11.9. The lowest BCUT2D eigenvalue weighted by molar-refractivity contribution is 0.431. The van der Waals surface area contributed by atoms with Crippen LogP contribution in [0, 0.1) is 0 Å². The first-order chi connectivity index (χ1) is 8.08. The summed E-state index contributed by atoms with van der Waals surface area (Å²) in [4.78, 5) is 0. The standard InChI is InChI=1S/C16H29N/c1-16(2,3)17-14-10-9-13-15-11-7-5-4-6-8-12-15/h9,11,13,17H,4-8,10,12,14H2,1-3H3/b13-9+,15-11?. The molecule has 1 nitrogen and oxygen atoms in total. The quantitative estimate of drug-likeness (QED) is 0.702. The number of hydrogen-bond donors (Lipinski definition) is 1. The Hall–Kier alpha value is -0.560. The zero-order chi connectivity index (χ0) is 12.6. The van der Waals surface area contributed by atoms with Gasteiger partial charge < -0.3 is 5.32 Å². The molecule has 1 aliphatic rings. The third kappa shape index (κ3) is 8.20. The van der Waals surface area contributed by atoms with E-state index >= 15 is 0 Å². The second-order valence-corrected chi connectivity index (χ2v) is 6.10. The lowest BCUT2D eigenvalue weighted by Crippen LogP contribution is -2.36. The number of allylic oxidation sites excluding steroid dienone is 3. The van der Waals surface area contributed by atoms with E-state index in [9.17, 15) is 0 Å². The fourth-order valence-corrected chi connectivity index (χ4v) is 2.13. The highest BCUT2D eigenvalue weighted by atomic mass is 14.9. The van der Waals surface area contributed by atoms with Crippen molar-refractivity contribution in [3.05, 3.63) is 23.8 Å². The molecule has 1 heteroatoms. The van der Waals surface area contributed by atoms with E-state index in [1.807, 2.05) is 0 Å². The minimum absolute atomic E-state index is 0.243. The second-order valence-electron chi connectivity index (χ2n) is 6.10. The molecular formula is C16H29N. The Balaban J connectivity index is 2.22. The van der Waals surface area contributed by atoms with E-state index < -0.39 is 0 Å². The van der Waals surface area contributed by atoms with Gasteiger partial charge in [-0.15, -0.1) is 0 Å². The van der Waals surface area contributed by atoms with Crippen molar-refractivity contribution in [1.29, 1.82) is 0 Å². The molecule has 0 radical (unpaired) electrons. The van der Waals surface area contributed by atoms with Crippen molar-refractivity contribution in [3.8, 4) is 0 Å². The lowest BCUT2D eigenvalue weighted by atomic mass is 9.99. The van der Waals surface area contributed by atoms with E-state index in [1.165, 1.54) is 38.5 Å². The van der Waals surface area contributed by atoms with Gasteiger partial charge in [-0.25, -0.2) is 0 Å². The van der Waals surface area contributed by atoms with Gasteiger partial charge in [-0.05, 0) is 59.4 Å². The molecule has 0 aromatic rings. The maximum absolute atomic E-state index is 3.51. The maximum atomic E-state index is 3.51. The minimum atomic E-state index is 0.243. The molecule has 98 valence electrons. The first kappa shape index (κ1) is 14.5. The average Bonchev–Trinajstić information content (AvgIpc) is 2.18. The van der Waals surface area contributed by atoms with Gasteiger partial charge in [0.15, 0.2) is 0 Å². The van der Waals surface area contributed by atoms with Crippen molar-refractivity contribution in [2.45, 2.75) is 71.3 Å². The smallest absolute Gasteiger partial charge is 0.00966 e. The highest BCUT2D eigenvalue weighted by Crippen LogP contribution is 2.17. The van der Waals surface area contributed by atoms with Crippen molar-refractivity contribution in [2.75, 3.05) is 6.54 Å². The van der Waals surface area contributed by atoms with E-state index in [0.29, 0.717) is 0 Å². The molecule has 0 fully saturated rings. The fourth-order valence-electron chi connectivity index (χ4n) is 2.13. The molecule has 0 saturated heterocycles. The highest BCUT2D eigenvalue weighted by Gasteiger charge is 2.06. The van der Waals surface area contributed by atoms with Crippen LogP contribution in [0.15, 0.2) is 23.8 Å². The van der Waals surface area contributed by atoms with Crippen molar-refractivity contribution in [3.63, 3.8) is 0 Å². The van der Waals surface area contributed by atoms with E-state index in [1.54, 1.807) is 5.57 Å². The maximum Gasteiger partial charge on any atom is 0.00966 e. The summed E-state index contributed by atoms with van der Waals surface area (Å²) in [5.41, 5.74) is 1.80. The van der Waals surface area contributed by atoms with Gasteiger partial charge >= 0.3 is 0 Å². The summed E-state index contributed by atoms with van der Waals surface area (Å²) in [5, 5.41) is 3.51. The molecule has 1 aliphatic carbocycles. The molecule has 1 rings (SSSR count). The monoisotopic (exact) mass is 235 g/mol. The van der Waals surface area contributed by atoms with Gasteiger partial charge in [0.2, 0.25) is 0 Å². The Labute approximate surface area is 107 Å². The Morgan fingerprint density at radius 2 is 1.94 bits per heavy atom. The van der Waals surface area contributed by atoms with Gasteiger partial charge in [0.05, 0.1) is 0 Å². The lowest BCUT2D eigenvalue weighted by Gasteiger charge is -2.19. The van der Waals surface area contributed by atoms with Crippen LogP contribution in [0.4, 0.5) is 0 Å². The van der Waals surface area contributed by atoms with Crippen molar-refractivity contribution in [1.82, 2.24) is 5.32 Å². The molecule has 0 unspecified atom stereocenters. The van der Waals surface area contributed by atoms with E-state index in [2.05, 4.69) is 44.3 Å². The molecule has 1 N–H and O–H groups in total. The summed E-state index contributed by atoms with van der Waals surface area (Å²) in [6.45, 7) is 7.73. The largest absolute Gasteiger partial charge is 0.312 e. The molecule has 17 heavy (non-hydrogen) atoms. The van der Waals surface area contributed by atoms with E-state index in [-0.39, 0.29) is 5.54 Å². The summed E-state index contributed by atoms with van der Waals surface area (Å²) in [6.07, 6.45) is 16.4. The van der Waals surface area contributed by atoms with Crippen LogP contribution >= 0.6 is 0 Å². The first-order valence-electron chi connectivity index (χ1n) is 7.18. The van der Waals surface area contributed by atoms with Crippen LogP contribution in [0.25, 0.3) is 0 Å². The van der Waals surface area contributed by atoms with E-state index in [4.69, 9.17) is 0 Å². The summed E-state index contributed by atoms with van der Waals surface area (Å²) >= 11 is 0. The molecular weight excluding hydrogens is 206 g/mol. The summed E-state index contributed by atoms with van der Waals surface area (Å²) in [5.74, 6) is 0. The second kappa shape index (κ2) is 7.71. The molecule has 0 aromatic carbocycles. The van der Waals surface area contributed by atoms with Gasteiger partial charge in [0, 0.05) is 5.54 Å². The van der Waals surface area contributed by atoms with Crippen LogP contribution in [0.5, 0.6) is 0 Å². The van der Waals surface area contributed by atoms with Crippen LogP contribution in [-0.4, -0.2) is 12.1 Å². The molecule has 0 atom stereocenters. The van der Waals surface area contributed by atoms with Gasteiger partial charge in [-0.1, -0.05) is 36.6 Å². The van der Waals surface area contributed by atoms with Gasteiger partial charge in [0.25, 0.3) is 0 Å². The van der Waals surface area contributed by atoms with Crippen LogP contribution in [0.2, 0.25) is 0 Å². The Bertz CT molecular complexity index is 255. The summed E-state index contributed by atoms with van der Waals surface area (Å²) in [6, 6.07) is 0. The predicted octanol–water partition coefficient (Wildman–Crippen LogP) is 4.60. The molecule has 0 aromatic heterocycles. The van der Waals surface area contributed by atoms with E-state index in [0.717, 1.165) is 13.0 Å². The predicted molar refractivity (Wildman–Crippen MR) is 77.3 cm³/mol. The zero-order valence-electron chi connectivity index (χ0n) is 11.9. The number of nitrogens with one attached hydrogen (secondary N) is 1. The third-order valence-corrected chi connectivity index (χ3v) is 3.12. The average molecular weight is 235 g/mol. The normalized spacial score (nSPS) is 18.9. The van der Waals surface area contributed by atoms with Gasteiger partial charge in [0.1, 0.15) is 0 Å². The van der Waals surface area contributed by atoms with Gasteiger partial charge in [-0.2, -0.15) is 0 Å². The molecule has 0 heterocycles. The third-order valence-electron chi connectivity index (χ3n) is 3.12. The molecule has 0 amide bonds. The van der Waals surface area contributed by atoms with Crippen molar-refractivity contribution < 1.29 is 0 Å². The SMILES string of the molecule is CC(C)(C)NCC/C=C/C1=CCCCCCC1. The van der Waals surface area contributed by atoms with Crippen LogP contribution in [0.1, 0.15) is 65.7 Å². The topological polar surface area (TPSA) is 12.0 Å². The molecule has 0 saturated carbocycles. The minimum Gasteiger partial charge on any atom is -0.312 e. The first-order valence-corrected chi connectivity index (χ1v) is 7.18. The van der Waals surface area contributed by atoms with Crippen molar-refractivity contribution in [2.24, 2.45) is 0 Å². The highest BCUT2D eigenvalue weighted by molar-refractivity contribution is 5.18. The van der Waals surface area contributed by atoms with Crippen LogP contribution < -0.4 is 5.32 Å². The fraction of sp³-hybridized carbons (Fsp3) is 0.750. The van der Waals surface area contributed by atoms with Gasteiger partial charge in [-0.3, -0.25) is 0 Å². The molecule has 0 aliphatic heterocycles. The van der Waals surface area contributed by atoms with Crippen molar-refractivity contribution >= 4 is 0 Å². The summed E-state index contributed by atoms with van der Waals surface area (Å²) in [7, 11) is 0. The number of hydrogen-bond acceptors (Lipinski definition) is 1. The summed E-state index contributed by atoms with van der Waals surface area (Å²) < 4.78 is 0. The van der Waals surface area contributed by atoms with Crippen LogP contribution in [-0.2, 0) is 0 Å². The Morgan fingerprint density at radius 1 is 1.18 bits per heavy atom. The Kier molecular flexibility index (Phi) is 6.57. The Morgan fingerprint density at radius 3 is 2.71 bits per heavy atom.